The zero-order chi connectivity index (χ0) is 28.4. The maximum absolute atomic E-state index is 12.2. The Hall–Kier alpha value is -3.30. The third-order valence-corrected chi connectivity index (χ3v) is 7.13. The smallest absolute Gasteiger partial charge is 0.251 e. The predicted molar refractivity (Wildman–Crippen MR) is 157 cm³/mol. The van der Waals surface area contributed by atoms with E-state index in [2.05, 4.69) is 50.2 Å². The number of hydrogen-bond donors (Lipinski definition) is 1. The number of thioether (sulfide) groups is 1. The second-order valence-electron chi connectivity index (χ2n) is 10.2. The summed E-state index contributed by atoms with van der Waals surface area (Å²) in [4.78, 5) is 24.1. The second kappa shape index (κ2) is 14.2. The first-order chi connectivity index (χ1) is 18.6. The topological polar surface area (TPSA) is 85.8 Å². The van der Waals surface area contributed by atoms with Gasteiger partial charge in [0.2, 0.25) is 0 Å². The van der Waals surface area contributed by atoms with E-state index < -0.39 is 0 Å². The van der Waals surface area contributed by atoms with Crippen molar-refractivity contribution in [1.29, 1.82) is 0 Å². The highest BCUT2D eigenvalue weighted by Gasteiger charge is 2.20. The molecule has 3 rings (SSSR count). The van der Waals surface area contributed by atoms with Gasteiger partial charge in [-0.2, -0.15) is 0 Å². The van der Waals surface area contributed by atoms with E-state index in [4.69, 9.17) is 24.2 Å². The minimum absolute atomic E-state index is 0.103. The number of aromatic nitrogens is 2. The summed E-state index contributed by atoms with van der Waals surface area (Å²) in [5.74, 6) is 2.94. The molecule has 0 atom stereocenters. The van der Waals surface area contributed by atoms with Crippen LogP contribution in [0.25, 0.3) is 0 Å². The summed E-state index contributed by atoms with van der Waals surface area (Å²) < 4.78 is 15.8. The Kier molecular flexibility index (Phi) is 11.0. The monoisotopic (exact) mass is 552 g/mol. The van der Waals surface area contributed by atoms with Gasteiger partial charge in [0.1, 0.15) is 5.82 Å². The van der Waals surface area contributed by atoms with E-state index in [0.29, 0.717) is 24.5 Å². The number of carbonyl (C=O) groups is 1. The molecule has 8 nitrogen and oxygen atoms in total. The lowest BCUT2D eigenvalue weighted by Gasteiger charge is -2.23. The van der Waals surface area contributed by atoms with Crippen molar-refractivity contribution in [3.05, 3.63) is 70.9 Å². The van der Waals surface area contributed by atoms with Crippen LogP contribution in [0.4, 0.5) is 5.82 Å². The molecule has 0 bridgehead atoms. The van der Waals surface area contributed by atoms with Crippen LogP contribution in [-0.4, -0.2) is 63.9 Å². The molecule has 0 saturated heterocycles. The number of likely N-dealkylation sites (N-methyl/N-ethyl adjacent to an activating group) is 1. The number of nitrogens with zero attached hydrogens (tertiary/aromatic N) is 3. The van der Waals surface area contributed by atoms with Crippen molar-refractivity contribution in [2.45, 2.75) is 43.5 Å². The van der Waals surface area contributed by atoms with Crippen molar-refractivity contribution >= 4 is 23.5 Å². The van der Waals surface area contributed by atoms with Crippen LogP contribution in [0.3, 0.4) is 0 Å². The molecular weight excluding hydrogens is 512 g/mol. The van der Waals surface area contributed by atoms with E-state index in [9.17, 15) is 4.79 Å². The Morgan fingerprint density at radius 2 is 1.64 bits per heavy atom. The van der Waals surface area contributed by atoms with Gasteiger partial charge in [0, 0.05) is 50.0 Å². The van der Waals surface area contributed by atoms with E-state index in [1.165, 1.54) is 0 Å². The largest absolute Gasteiger partial charge is 0.493 e. The molecule has 210 valence electrons. The summed E-state index contributed by atoms with van der Waals surface area (Å²) in [5, 5.41) is 3.57. The molecule has 2 aromatic carbocycles. The molecule has 0 saturated carbocycles. The molecular formula is C30H40N4O4S. The number of methoxy groups -OCH3 is 3. The third kappa shape index (κ3) is 8.86. The van der Waals surface area contributed by atoms with Gasteiger partial charge >= 0.3 is 0 Å². The molecule has 0 unspecified atom stereocenters. The van der Waals surface area contributed by atoms with Gasteiger partial charge in [0.25, 0.3) is 5.91 Å². The molecule has 0 aliphatic heterocycles. The number of anilines is 1. The first-order valence-corrected chi connectivity index (χ1v) is 13.9. The van der Waals surface area contributed by atoms with Crippen LogP contribution < -0.4 is 19.7 Å². The van der Waals surface area contributed by atoms with Crippen molar-refractivity contribution in [3.63, 3.8) is 0 Å². The lowest BCUT2D eigenvalue weighted by atomic mass is 9.92. The molecule has 0 spiro atoms. The molecule has 1 aromatic heterocycles. The van der Waals surface area contributed by atoms with E-state index >= 15 is 0 Å². The summed E-state index contributed by atoms with van der Waals surface area (Å²) >= 11 is 1.59. The lowest BCUT2D eigenvalue weighted by Crippen LogP contribution is -2.26. The molecule has 9 heteroatoms. The Morgan fingerprint density at radius 1 is 0.949 bits per heavy atom. The van der Waals surface area contributed by atoms with Crippen LogP contribution in [0.5, 0.6) is 11.5 Å². The molecule has 1 N–H and O–H groups in total. The zero-order valence-corrected chi connectivity index (χ0v) is 24.9. The number of nitrogens with one attached hydrogen (secondary N) is 1. The Morgan fingerprint density at radius 3 is 2.28 bits per heavy atom. The third-order valence-electron chi connectivity index (χ3n) is 6.21. The van der Waals surface area contributed by atoms with E-state index in [1.807, 2.05) is 36.4 Å². The second-order valence-corrected chi connectivity index (χ2v) is 11.2. The lowest BCUT2D eigenvalue weighted by molar-refractivity contribution is 0.0937. The molecule has 3 aromatic rings. The van der Waals surface area contributed by atoms with Crippen LogP contribution >= 0.6 is 11.8 Å². The van der Waals surface area contributed by atoms with Crippen molar-refractivity contribution in [1.82, 2.24) is 15.3 Å². The quantitative estimate of drug-likeness (QED) is 0.177. The Bertz CT molecular complexity index is 1230. The van der Waals surface area contributed by atoms with Gasteiger partial charge in [-0.1, -0.05) is 50.7 Å². The number of amides is 1. The fraction of sp³-hybridized carbons (Fsp3) is 0.433. The molecule has 0 aliphatic carbocycles. The zero-order valence-electron chi connectivity index (χ0n) is 24.0. The Labute approximate surface area is 236 Å². The van der Waals surface area contributed by atoms with Crippen molar-refractivity contribution < 1.29 is 19.0 Å². The summed E-state index contributed by atoms with van der Waals surface area (Å²) in [5.41, 5.74) is 3.77. The van der Waals surface area contributed by atoms with Crippen LogP contribution in [0.15, 0.2) is 53.7 Å². The highest BCUT2D eigenvalue weighted by molar-refractivity contribution is 7.98. The highest BCUT2D eigenvalue weighted by atomic mass is 32.2. The first kappa shape index (κ1) is 30.2. The summed E-state index contributed by atoms with van der Waals surface area (Å²) in [6.45, 7) is 8.24. The van der Waals surface area contributed by atoms with Crippen molar-refractivity contribution in [2.75, 3.05) is 53.0 Å². The molecule has 0 aliphatic rings. The van der Waals surface area contributed by atoms with Crippen LogP contribution in [0.2, 0.25) is 0 Å². The van der Waals surface area contributed by atoms with Gasteiger partial charge in [-0.05, 0) is 41.8 Å². The van der Waals surface area contributed by atoms with Gasteiger partial charge in [0.05, 0.1) is 26.5 Å². The highest BCUT2D eigenvalue weighted by Crippen LogP contribution is 2.30. The minimum Gasteiger partial charge on any atom is -0.493 e. The molecule has 1 heterocycles. The maximum atomic E-state index is 12.2. The standard InChI is InChI=1S/C30H40N4O4S/c1-30(2,3)26-19-27(34(4)16-14-21-10-13-24(37-6)25(18-21)38-7)33-29(32-26)39-20-22-8-11-23(12-9-22)28(35)31-15-17-36-5/h8-13,18-19H,14-17,20H2,1-7H3,(H,31,35). The summed E-state index contributed by atoms with van der Waals surface area (Å²) in [6, 6.07) is 15.7. The van der Waals surface area contributed by atoms with E-state index in [-0.39, 0.29) is 11.3 Å². The Balaban J connectivity index is 1.69. The van der Waals surface area contributed by atoms with Gasteiger partial charge in [0.15, 0.2) is 16.7 Å². The number of carbonyl (C=O) groups excluding carboxylic acids is 1. The van der Waals surface area contributed by atoms with Crippen molar-refractivity contribution in [3.8, 4) is 11.5 Å². The number of ether oxygens (including phenoxy) is 3. The average Bonchev–Trinajstić information content (AvgIpc) is 2.94. The summed E-state index contributed by atoms with van der Waals surface area (Å²) in [7, 11) is 6.96. The molecule has 39 heavy (non-hydrogen) atoms. The van der Waals surface area contributed by atoms with Gasteiger partial charge in [-0.25, -0.2) is 9.97 Å². The normalized spacial score (nSPS) is 11.3. The first-order valence-electron chi connectivity index (χ1n) is 12.9. The fourth-order valence-electron chi connectivity index (χ4n) is 3.77. The predicted octanol–water partition coefficient (Wildman–Crippen LogP) is 5.14. The fourth-order valence-corrected chi connectivity index (χ4v) is 4.58. The van der Waals surface area contributed by atoms with E-state index in [1.54, 1.807) is 33.1 Å². The number of rotatable bonds is 13. The van der Waals surface area contributed by atoms with Gasteiger partial charge < -0.3 is 24.4 Å². The maximum Gasteiger partial charge on any atom is 0.251 e. The van der Waals surface area contributed by atoms with Gasteiger partial charge in [-0.3, -0.25) is 4.79 Å². The van der Waals surface area contributed by atoms with Crippen molar-refractivity contribution in [2.24, 2.45) is 0 Å². The molecule has 1 amide bonds. The molecule has 0 radical (unpaired) electrons. The molecule has 0 fully saturated rings. The van der Waals surface area contributed by atoms with Crippen LogP contribution in [0, 0.1) is 0 Å². The number of benzene rings is 2. The van der Waals surface area contributed by atoms with E-state index in [0.717, 1.165) is 52.3 Å². The SMILES string of the molecule is COCCNC(=O)c1ccc(CSc2nc(N(C)CCc3ccc(OC)c(OC)c3)cc(C(C)(C)C)n2)cc1. The number of hydrogen-bond acceptors (Lipinski definition) is 8. The summed E-state index contributed by atoms with van der Waals surface area (Å²) in [6.07, 6.45) is 0.833. The van der Waals surface area contributed by atoms with Crippen LogP contribution in [0.1, 0.15) is 48.0 Å². The average molecular weight is 553 g/mol. The minimum atomic E-state index is -0.116. The van der Waals surface area contributed by atoms with Gasteiger partial charge in [-0.15, -0.1) is 0 Å². The van der Waals surface area contributed by atoms with Crippen LogP contribution in [-0.2, 0) is 22.3 Å².